The van der Waals surface area contributed by atoms with E-state index in [1.807, 2.05) is 0 Å². The minimum Gasteiger partial charge on any atom is -0.364 e. The molecule has 1 aromatic carbocycles. The van der Waals surface area contributed by atoms with Crippen LogP contribution < -0.4 is 11.1 Å². The predicted molar refractivity (Wildman–Crippen MR) is 66.1 cm³/mol. The highest BCUT2D eigenvalue weighted by atomic mass is 19.1. The van der Waals surface area contributed by atoms with Gasteiger partial charge in [-0.25, -0.2) is 4.39 Å². The zero-order valence-electron chi connectivity index (χ0n) is 10.1. The minimum atomic E-state index is -0.774. The van der Waals surface area contributed by atoms with Gasteiger partial charge in [0.15, 0.2) is 5.69 Å². The third-order valence-corrected chi connectivity index (χ3v) is 2.43. The summed E-state index contributed by atoms with van der Waals surface area (Å²) in [4.78, 5) is 23.0. The number of carbonyl (C=O) groups is 2. The summed E-state index contributed by atoms with van der Waals surface area (Å²) < 4.78 is 14.8. The van der Waals surface area contributed by atoms with Crippen molar-refractivity contribution < 1.29 is 14.0 Å². The van der Waals surface area contributed by atoms with Crippen LogP contribution in [-0.4, -0.2) is 21.6 Å². The van der Waals surface area contributed by atoms with Gasteiger partial charge < -0.3 is 11.1 Å². The normalized spacial score (nSPS) is 10.2. The molecular formula is C12H11FN4O2. The second-order valence-electron chi connectivity index (χ2n) is 3.86. The van der Waals surface area contributed by atoms with E-state index in [0.29, 0.717) is 0 Å². The van der Waals surface area contributed by atoms with Crippen molar-refractivity contribution in [3.8, 4) is 0 Å². The molecule has 0 fully saturated rings. The Morgan fingerprint density at radius 2 is 2.05 bits per heavy atom. The van der Waals surface area contributed by atoms with Gasteiger partial charge in [-0.05, 0) is 12.1 Å². The molecule has 2 rings (SSSR count). The molecule has 98 valence electrons. The quantitative estimate of drug-likeness (QED) is 0.861. The number of rotatable bonds is 3. The summed E-state index contributed by atoms with van der Waals surface area (Å²) >= 11 is 0. The zero-order valence-corrected chi connectivity index (χ0v) is 10.1. The van der Waals surface area contributed by atoms with E-state index in [0.717, 1.165) is 0 Å². The monoisotopic (exact) mass is 262 g/mol. The van der Waals surface area contributed by atoms with Crippen LogP contribution in [0, 0.1) is 5.82 Å². The van der Waals surface area contributed by atoms with Gasteiger partial charge in [-0.3, -0.25) is 14.3 Å². The molecule has 0 aliphatic heterocycles. The van der Waals surface area contributed by atoms with E-state index in [2.05, 4.69) is 10.4 Å². The highest BCUT2D eigenvalue weighted by Crippen LogP contribution is 2.15. The molecule has 2 amide bonds. The molecule has 1 heterocycles. The van der Waals surface area contributed by atoms with Crippen LogP contribution in [0.3, 0.4) is 0 Å². The number of halogens is 1. The number of nitrogens with one attached hydrogen (secondary N) is 1. The lowest BCUT2D eigenvalue weighted by atomic mass is 10.2. The highest BCUT2D eigenvalue weighted by Gasteiger charge is 2.17. The summed E-state index contributed by atoms with van der Waals surface area (Å²) in [5.74, 6) is -2.09. The van der Waals surface area contributed by atoms with Crippen LogP contribution in [0.15, 0.2) is 30.5 Å². The standard InChI is InChI=1S/C12H11FN4O2/c1-17-6-9(10(16-17)11(14)18)15-12(19)7-4-2-3-5-8(7)13/h2-6H,1H3,(H2,14,18)(H,15,19). The van der Waals surface area contributed by atoms with Crippen molar-refractivity contribution in [2.24, 2.45) is 12.8 Å². The number of nitrogens with two attached hydrogens (primary N) is 1. The first-order valence-electron chi connectivity index (χ1n) is 5.38. The third-order valence-electron chi connectivity index (χ3n) is 2.43. The second kappa shape index (κ2) is 4.89. The molecule has 0 atom stereocenters. The van der Waals surface area contributed by atoms with E-state index < -0.39 is 17.6 Å². The van der Waals surface area contributed by atoms with Crippen molar-refractivity contribution in [3.63, 3.8) is 0 Å². The molecule has 0 saturated carbocycles. The summed E-state index contributed by atoms with van der Waals surface area (Å²) in [5, 5.41) is 6.22. The summed E-state index contributed by atoms with van der Waals surface area (Å²) in [6.07, 6.45) is 1.42. The van der Waals surface area contributed by atoms with Crippen LogP contribution in [0.4, 0.5) is 10.1 Å². The predicted octanol–water partition coefficient (Wildman–Crippen LogP) is 0.910. The van der Waals surface area contributed by atoms with Gasteiger partial charge in [0.2, 0.25) is 0 Å². The Hall–Kier alpha value is -2.70. The smallest absolute Gasteiger partial charge is 0.271 e. The largest absolute Gasteiger partial charge is 0.364 e. The number of anilines is 1. The van der Waals surface area contributed by atoms with E-state index in [-0.39, 0.29) is 16.9 Å². The molecule has 19 heavy (non-hydrogen) atoms. The van der Waals surface area contributed by atoms with Crippen molar-refractivity contribution >= 4 is 17.5 Å². The number of hydrogen-bond acceptors (Lipinski definition) is 3. The van der Waals surface area contributed by atoms with Gasteiger partial charge in [-0.2, -0.15) is 5.10 Å². The molecule has 7 heteroatoms. The average Bonchev–Trinajstić information content (AvgIpc) is 2.70. The van der Waals surface area contributed by atoms with Crippen LogP contribution in [-0.2, 0) is 7.05 Å². The lowest BCUT2D eigenvalue weighted by Gasteiger charge is -2.04. The summed E-state index contributed by atoms with van der Waals surface area (Å²) in [6, 6.07) is 5.53. The Balaban J connectivity index is 2.29. The first-order chi connectivity index (χ1) is 8.99. The van der Waals surface area contributed by atoms with E-state index in [4.69, 9.17) is 5.73 Å². The van der Waals surface area contributed by atoms with Crippen LogP contribution in [0.25, 0.3) is 0 Å². The van der Waals surface area contributed by atoms with Crippen LogP contribution >= 0.6 is 0 Å². The maximum absolute atomic E-state index is 13.4. The Morgan fingerprint density at radius 3 is 2.68 bits per heavy atom. The number of carbonyl (C=O) groups excluding carboxylic acids is 2. The Bertz CT molecular complexity index is 651. The van der Waals surface area contributed by atoms with E-state index in [1.54, 1.807) is 7.05 Å². The molecule has 6 nitrogen and oxygen atoms in total. The SMILES string of the molecule is Cn1cc(NC(=O)c2ccccc2F)c(C(N)=O)n1. The van der Waals surface area contributed by atoms with Crippen molar-refractivity contribution in [3.05, 3.63) is 47.5 Å². The molecule has 1 aromatic heterocycles. The number of hydrogen-bond donors (Lipinski definition) is 2. The maximum Gasteiger partial charge on any atom is 0.271 e. The fourth-order valence-electron chi connectivity index (χ4n) is 1.60. The van der Waals surface area contributed by atoms with Gasteiger partial charge in [-0.1, -0.05) is 12.1 Å². The van der Waals surface area contributed by atoms with Crippen molar-refractivity contribution in [1.29, 1.82) is 0 Å². The number of aryl methyl sites for hydroxylation is 1. The molecule has 0 aliphatic carbocycles. The van der Waals surface area contributed by atoms with Crippen LogP contribution in [0.2, 0.25) is 0 Å². The number of primary amides is 1. The second-order valence-corrected chi connectivity index (χ2v) is 3.86. The van der Waals surface area contributed by atoms with E-state index >= 15 is 0 Å². The fourth-order valence-corrected chi connectivity index (χ4v) is 1.60. The molecule has 0 aliphatic rings. The van der Waals surface area contributed by atoms with Gasteiger partial charge in [-0.15, -0.1) is 0 Å². The van der Waals surface area contributed by atoms with Crippen LogP contribution in [0.1, 0.15) is 20.8 Å². The first-order valence-corrected chi connectivity index (χ1v) is 5.38. The molecule has 0 saturated heterocycles. The van der Waals surface area contributed by atoms with Crippen molar-refractivity contribution in [2.45, 2.75) is 0 Å². The zero-order chi connectivity index (χ0) is 14.0. The van der Waals surface area contributed by atoms with E-state index in [1.165, 1.54) is 35.1 Å². The van der Waals surface area contributed by atoms with Gasteiger partial charge >= 0.3 is 0 Å². The highest BCUT2D eigenvalue weighted by molar-refractivity contribution is 6.08. The molecule has 0 radical (unpaired) electrons. The minimum absolute atomic E-state index is 0.0767. The number of benzene rings is 1. The van der Waals surface area contributed by atoms with Gasteiger partial charge in [0.25, 0.3) is 11.8 Å². The average molecular weight is 262 g/mol. The number of aromatic nitrogens is 2. The topological polar surface area (TPSA) is 90.0 Å². The van der Waals surface area contributed by atoms with E-state index in [9.17, 15) is 14.0 Å². The molecule has 0 unspecified atom stereocenters. The maximum atomic E-state index is 13.4. The molecule has 0 bridgehead atoms. The lowest BCUT2D eigenvalue weighted by molar-refractivity contribution is 0.0995. The molecule has 2 aromatic rings. The fraction of sp³-hybridized carbons (Fsp3) is 0.0833. The molecule has 3 N–H and O–H groups in total. The Labute approximate surface area is 108 Å². The first kappa shape index (κ1) is 12.7. The summed E-state index contributed by atoms with van der Waals surface area (Å²) in [7, 11) is 1.57. The van der Waals surface area contributed by atoms with Crippen molar-refractivity contribution in [2.75, 3.05) is 5.32 Å². The van der Waals surface area contributed by atoms with Gasteiger partial charge in [0.1, 0.15) is 5.82 Å². The number of amides is 2. The molecular weight excluding hydrogens is 251 g/mol. The summed E-state index contributed by atoms with van der Waals surface area (Å²) in [6.45, 7) is 0. The Kier molecular flexibility index (Phi) is 3.28. The van der Waals surface area contributed by atoms with Crippen molar-refractivity contribution in [1.82, 2.24) is 9.78 Å². The number of nitrogens with zero attached hydrogens (tertiary/aromatic N) is 2. The van der Waals surface area contributed by atoms with Crippen LogP contribution in [0.5, 0.6) is 0 Å². The third kappa shape index (κ3) is 2.59. The summed E-state index contributed by atoms with van der Waals surface area (Å²) in [5.41, 5.74) is 5.07. The van der Waals surface area contributed by atoms with Gasteiger partial charge in [0.05, 0.1) is 11.3 Å². The lowest BCUT2D eigenvalue weighted by Crippen LogP contribution is -2.18. The Morgan fingerprint density at radius 1 is 1.37 bits per heavy atom. The van der Waals surface area contributed by atoms with Gasteiger partial charge in [0, 0.05) is 13.2 Å². The molecule has 0 spiro atoms.